The van der Waals surface area contributed by atoms with Crippen LogP contribution >= 0.6 is 0 Å². The van der Waals surface area contributed by atoms with Crippen LogP contribution in [0, 0.1) is 13.8 Å². The van der Waals surface area contributed by atoms with Gasteiger partial charge in [-0.25, -0.2) is 8.42 Å². The highest BCUT2D eigenvalue weighted by atomic mass is 32.2. The minimum Gasteiger partial charge on any atom is -0.497 e. The van der Waals surface area contributed by atoms with Gasteiger partial charge in [0, 0.05) is 18.3 Å². The highest BCUT2D eigenvalue weighted by Crippen LogP contribution is 2.25. The molecule has 0 radical (unpaired) electrons. The first-order valence-corrected chi connectivity index (χ1v) is 10.8. The number of aryl methyl sites for hydroxylation is 2. The van der Waals surface area contributed by atoms with E-state index in [0.29, 0.717) is 17.0 Å². The number of nitrogens with one attached hydrogen (secondary N) is 1. The van der Waals surface area contributed by atoms with Crippen molar-refractivity contribution in [1.82, 2.24) is 0 Å². The summed E-state index contributed by atoms with van der Waals surface area (Å²) in [6, 6.07) is 18.5. The first-order chi connectivity index (χ1) is 14.2. The Morgan fingerprint density at radius 1 is 0.967 bits per heavy atom. The number of rotatable bonds is 6. The Labute approximate surface area is 177 Å². The van der Waals surface area contributed by atoms with Crippen LogP contribution in [0.2, 0.25) is 0 Å². The SMILES string of the molecule is COc1ccc(S(=O)(=O)N(C)c2cccc(C(=O)Nc3cc(C)ccc3C)c2)cc1. The Bertz CT molecular complexity index is 1170. The molecule has 0 unspecified atom stereocenters. The zero-order valence-electron chi connectivity index (χ0n) is 17.3. The summed E-state index contributed by atoms with van der Waals surface area (Å²) in [7, 11) is -0.807. The lowest BCUT2D eigenvalue weighted by Gasteiger charge is -2.20. The first kappa shape index (κ1) is 21.4. The summed E-state index contributed by atoms with van der Waals surface area (Å²) >= 11 is 0. The zero-order chi connectivity index (χ0) is 21.9. The molecule has 30 heavy (non-hydrogen) atoms. The lowest BCUT2D eigenvalue weighted by atomic mass is 10.1. The maximum Gasteiger partial charge on any atom is 0.264 e. The molecule has 6 nitrogen and oxygen atoms in total. The molecule has 0 bridgehead atoms. The molecule has 0 atom stereocenters. The highest BCUT2D eigenvalue weighted by Gasteiger charge is 2.22. The van der Waals surface area contributed by atoms with Crippen molar-refractivity contribution in [3.05, 3.63) is 83.4 Å². The van der Waals surface area contributed by atoms with E-state index in [4.69, 9.17) is 4.74 Å². The number of ether oxygens (including phenoxy) is 1. The van der Waals surface area contributed by atoms with Gasteiger partial charge in [-0.1, -0.05) is 18.2 Å². The first-order valence-electron chi connectivity index (χ1n) is 9.34. The summed E-state index contributed by atoms with van der Waals surface area (Å²) in [5, 5.41) is 2.90. The molecule has 3 aromatic carbocycles. The molecule has 1 amide bonds. The van der Waals surface area contributed by atoms with Gasteiger partial charge in [0.25, 0.3) is 15.9 Å². The minimum atomic E-state index is -3.78. The van der Waals surface area contributed by atoms with Crippen molar-refractivity contribution in [3.63, 3.8) is 0 Å². The third-order valence-electron chi connectivity index (χ3n) is 4.83. The third-order valence-corrected chi connectivity index (χ3v) is 6.63. The van der Waals surface area contributed by atoms with Gasteiger partial charge in [0.1, 0.15) is 5.75 Å². The molecule has 0 saturated heterocycles. The van der Waals surface area contributed by atoms with Gasteiger partial charge in [0.05, 0.1) is 17.7 Å². The standard InChI is InChI=1S/C23H24N2O4S/c1-16-8-9-17(2)22(14-16)24-23(26)18-6-5-7-19(15-18)25(3)30(27,28)21-12-10-20(29-4)11-13-21/h5-15H,1-4H3,(H,24,26). The Balaban J connectivity index is 1.86. The van der Waals surface area contributed by atoms with E-state index in [0.717, 1.165) is 21.1 Å². The van der Waals surface area contributed by atoms with E-state index in [-0.39, 0.29) is 10.8 Å². The van der Waals surface area contributed by atoms with E-state index >= 15 is 0 Å². The molecule has 1 N–H and O–H groups in total. The number of methoxy groups -OCH3 is 1. The summed E-state index contributed by atoms with van der Waals surface area (Å²) in [6.07, 6.45) is 0. The maximum absolute atomic E-state index is 13.0. The molecule has 0 aliphatic rings. The molecule has 0 heterocycles. The molecule has 3 rings (SSSR count). The molecule has 0 aliphatic heterocycles. The number of carbonyl (C=O) groups is 1. The normalized spacial score (nSPS) is 11.1. The average molecular weight is 425 g/mol. The van der Waals surface area contributed by atoms with Crippen LogP contribution in [-0.2, 0) is 10.0 Å². The maximum atomic E-state index is 13.0. The second kappa shape index (κ2) is 8.59. The molecule has 7 heteroatoms. The minimum absolute atomic E-state index is 0.135. The summed E-state index contributed by atoms with van der Waals surface area (Å²) in [5.74, 6) is 0.266. The number of hydrogen-bond acceptors (Lipinski definition) is 4. The van der Waals surface area contributed by atoms with E-state index in [1.807, 2.05) is 32.0 Å². The van der Waals surface area contributed by atoms with Gasteiger partial charge < -0.3 is 10.1 Å². The van der Waals surface area contributed by atoms with Crippen molar-refractivity contribution in [2.24, 2.45) is 0 Å². The number of anilines is 2. The lowest BCUT2D eigenvalue weighted by molar-refractivity contribution is 0.102. The number of sulfonamides is 1. The lowest BCUT2D eigenvalue weighted by Crippen LogP contribution is -2.27. The Morgan fingerprint density at radius 3 is 2.33 bits per heavy atom. The van der Waals surface area contributed by atoms with Crippen LogP contribution < -0.4 is 14.4 Å². The van der Waals surface area contributed by atoms with Crippen LogP contribution in [0.4, 0.5) is 11.4 Å². The molecule has 0 aliphatic carbocycles. The molecule has 0 fully saturated rings. The van der Waals surface area contributed by atoms with Gasteiger partial charge in [-0.05, 0) is 73.5 Å². The average Bonchev–Trinajstić information content (AvgIpc) is 2.75. The molecule has 0 aromatic heterocycles. The van der Waals surface area contributed by atoms with Crippen LogP contribution in [0.1, 0.15) is 21.5 Å². The van der Waals surface area contributed by atoms with Gasteiger partial charge in [-0.3, -0.25) is 9.10 Å². The molecular formula is C23H24N2O4S. The van der Waals surface area contributed by atoms with Crippen LogP contribution in [0.5, 0.6) is 5.75 Å². The zero-order valence-corrected chi connectivity index (χ0v) is 18.2. The predicted octanol–water partition coefficient (Wildman–Crippen LogP) is 4.39. The van der Waals surface area contributed by atoms with Crippen molar-refractivity contribution >= 4 is 27.3 Å². The summed E-state index contributed by atoms with van der Waals surface area (Å²) in [4.78, 5) is 12.9. The molecular weight excluding hydrogens is 400 g/mol. The second-order valence-electron chi connectivity index (χ2n) is 6.97. The number of nitrogens with zero attached hydrogens (tertiary/aromatic N) is 1. The number of hydrogen-bond donors (Lipinski definition) is 1. The molecule has 3 aromatic rings. The van der Waals surface area contributed by atoms with Crippen molar-refractivity contribution in [1.29, 1.82) is 0 Å². The summed E-state index contributed by atoms with van der Waals surface area (Å²) in [5.41, 5.74) is 3.47. The van der Waals surface area contributed by atoms with Crippen LogP contribution in [-0.4, -0.2) is 28.5 Å². The summed E-state index contributed by atoms with van der Waals surface area (Å²) in [6.45, 7) is 3.87. The summed E-state index contributed by atoms with van der Waals surface area (Å²) < 4.78 is 32.2. The van der Waals surface area contributed by atoms with E-state index in [9.17, 15) is 13.2 Å². The van der Waals surface area contributed by atoms with E-state index in [1.54, 1.807) is 36.4 Å². The van der Waals surface area contributed by atoms with E-state index in [1.165, 1.54) is 26.3 Å². The van der Waals surface area contributed by atoms with Gasteiger partial charge in [-0.15, -0.1) is 0 Å². The fraction of sp³-hybridized carbons (Fsp3) is 0.174. The van der Waals surface area contributed by atoms with Gasteiger partial charge >= 0.3 is 0 Å². The predicted molar refractivity (Wildman–Crippen MR) is 119 cm³/mol. The van der Waals surface area contributed by atoms with Gasteiger partial charge in [-0.2, -0.15) is 0 Å². The Kier molecular flexibility index (Phi) is 6.12. The van der Waals surface area contributed by atoms with E-state index < -0.39 is 10.0 Å². The molecule has 0 spiro atoms. The number of amides is 1. The van der Waals surface area contributed by atoms with Crippen molar-refractivity contribution in [2.45, 2.75) is 18.7 Å². The fourth-order valence-electron chi connectivity index (χ4n) is 2.95. The third kappa shape index (κ3) is 4.46. The topological polar surface area (TPSA) is 75.7 Å². The van der Waals surface area contributed by atoms with Gasteiger partial charge in [0.15, 0.2) is 0 Å². The smallest absolute Gasteiger partial charge is 0.264 e. The highest BCUT2D eigenvalue weighted by molar-refractivity contribution is 7.92. The quantitative estimate of drug-likeness (QED) is 0.637. The fourth-order valence-corrected chi connectivity index (χ4v) is 4.14. The van der Waals surface area contributed by atoms with Crippen molar-refractivity contribution in [3.8, 4) is 5.75 Å². The Hall–Kier alpha value is -3.32. The van der Waals surface area contributed by atoms with Crippen LogP contribution in [0.15, 0.2) is 71.6 Å². The van der Waals surface area contributed by atoms with Crippen molar-refractivity contribution < 1.29 is 17.9 Å². The van der Waals surface area contributed by atoms with Crippen molar-refractivity contribution in [2.75, 3.05) is 23.8 Å². The number of benzene rings is 3. The molecule has 0 saturated carbocycles. The second-order valence-corrected chi connectivity index (χ2v) is 8.94. The van der Waals surface area contributed by atoms with Crippen LogP contribution in [0.25, 0.3) is 0 Å². The molecule has 156 valence electrons. The Morgan fingerprint density at radius 2 is 1.67 bits per heavy atom. The largest absolute Gasteiger partial charge is 0.497 e. The van der Waals surface area contributed by atoms with E-state index in [2.05, 4.69) is 5.32 Å². The monoisotopic (exact) mass is 424 g/mol. The van der Waals surface area contributed by atoms with Gasteiger partial charge in [0.2, 0.25) is 0 Å². The number of carbonyl (C=O) groups excluding carboxylic acids is 1. The van der Waals surface area contributed by atoms with Crippen LogP contribution in [0.3, 0.4) is 0 Å².